The predicted octanol–water partition coefficient (Wildman–Crippen LogP) is 0.909. The van der Waals surface area contributed by atoms with E-state index in [0.717, 1.165) is 0 Å². The Balaban J connectivity index is 0. The fourth-order valence-corrected chi connectivity index (χ4v) is 0. The monoisotopic (exact) mass is 160 g/mol. The molecule has 0 fully saturated rings. The molecule has 0 aliphatic carbocycles. The Labute approximate surface area is 47.0 Å². The van der Waals surface area contributed by atoms with E-state index in [0.29, 0.717) is 0 Å². The average Bonchev–Trinajstić information content (AvgIpc) is 1.41. The van der Waals surface area contributed by atoms with Gasteiger partial charge in [-0.15, -0.1) is 0 Å². The van der Waals surface area contributed by atoms with E-state index < -0.39 is 6.16 Å². The quantitative estimate of drug-likeness (QED) is 0.519. The normalized spacial score (nSPS) is 5.17. The number of carboxylic acid groups (broad SMARTS) is 2. The van der Waals surface area contributed by atoms with Crippen LogP contribution in [0.4, 0.5) is 4.79 Å². The van der Waals surface area contributed by atoms with Gasteiger partial charge in [0.05, 0.1) is 0 Å². The van der Waals surface area contributed by atoms with E-state index in [1.54, 1.807) is 0 Å². The van der Waals surface area contributed by atoms with Gasteiger partial charge >= 0.3 is 31.4 Å². The molecule has 2 N–H and O–H groups in total. The zero-order valence-corrected chi connectivity index (χ0v) is 4.18. The molecule has 0 aliphatic heterocycles. The van der Waals surface area contributed by atoms with Crippen LogP contribution in [0.3, 0.4) is 0 Å². The molecular weight excluding hydrogens is 159 g/mol. The van der Waals surface area contributed by atoms with Crippen LogP contribution in [0.1, 0.15) is 0 Å². The van der Waals surface area contributed by atoms with Crippen molar-refractivity contribution in [1.29, 1.82) is 0 Å². The van der Waals surface area contributed by atoms with Crippen LogP contribution in [0.2, 0.25) is 0 Å². The van der Waals surface area contributed by atoms with E-state index in [2.05, 4.69) is 25.2 Å². The number of rotatable bonds is 0. The molecule has 0 aliphatic rings. The first-order valence-corrected chi connectivity index (χ1v) is 2.06. The van der Waals surface area contributed by atoms with Crippen molar-refractivity contribution < 1.29 is 30.1 Å². The summed E-state index contributed by atoms with van der Waals surface area (Å²) in [5.41, 5.74) is 0. The molecule has 0 saturated carbocycles. The molecule has 0 radical (unpaired) electrons. The molecule has 3 nitrogen and oxygen atoms in total. The third-order valence-electron chi connectivity index (χ3n) is 0. The Morgan fingerprint density at radius 3 is 1.50 bits per heavy atom. The van der Waals surface area contributed by atoms with Crippen molar-refractivity contribution in [2.75, 3.05) is 0 Å². The first-order valence-electron chi connectivity index (χ1n) is 0.765. The summed E-state index contributed by atoms with van der Waals surface area (Å²) in [5, 5.41) is 13.9. The maximum absolute atomic E-state index is 8.56. The minimum atomic E-state index is -1.83. The second-order valence-electron chi connectivity index (χ2n) is 0.283. The average molecular weight is 161 g/mol. The van der Waals surface area contributed by atoms with Crippen LogP contribution in [0.15, 0.2) is 0 Å². The van der Waals surface area contributed by atoms with Crippen LogP contribution in [0.5, 0.6) is 0 Å². The fraction of sp³-hybridized carbons (Fsp3) is 0. The molecule has 0 bridgehead atoms. The zero-order valence-electron chi connectivity index (χ0n) is 2.48. The van der Waals surface area contributed by atoms with Crippen LogP contribution in [0, 0.1) is 0 Å². The van der Waals surface area contributed by atoms with Gasteiger partial charge in [-0.05, 0) is 0 Å². The van der Waals surface area contributed by atoms with Crippen molar-refractivity contribution in [3.63, 3.8) is 0 Å². The van der Waals surface area contributed by atoms with Crippen LogP contribution >= 0.6 is 10.1 Å². The van der Waals surface area contributed by atoms with Crippen molar-refractivity contribution in [3.8, 4) is 0 Å². The number of halogens is 1. The van der Waals surface area contributed by atoms with Crippen molar-refractivity contribution in [3.05, 3.63) is 0 Å². The molecule has 6 heavy (non-hydrogen) atoms. The molecule has 0 amide bonds. The van der Waals surface area contributed by atoms with Gasteiger partial charge in [0.2, 0.25) is 0 Å². The molecule has 0 heterocycles. The maximum atomic E-state index is 8.56. The Morgan fingerprint density at radius 1 is 1.50 bits per heavy atom. The summed E-state index contributed by atoms with van der Waals surface area (Å²) >= 11 is 3.66. The SMILES string of the molecule is O=C(O)O.[Cl][Cu]. The van der Waals surface area contributed by atoms with Gasteiger partial charge in [0, 0.05) is 0 Å². The molecule has 0 unspecified atom stereocenters. The van der Waals surface area contributed by atoms with Crippen LogP contribution in [-0.4, -0.2) is 16.4 Å². The molecule has 0 rings (SSSR count). The summed E-state index contributed by atoms with van der Waals surface area (Å²) in [6.45, 7) is 0. The summed E-state index contributed by atoms with van der Waals surface area (Å²) in [5.74, 6) is 0. The summed E-state index contributed by atoms with van der Waals surface area (Å²) in [4.78, 5) is 8.56. The standard InChI is InChI=1S/CH2O3.ClH.Cu/c2-1(3)4;;/h(H2,2,3,4);1H;/q;;+1/p-1. The summed E-state index contributed by atoms with van der Waals surface area (Å²) < 4.78 is 0. The van der Waals surface area contributed by atoms with E-state index in [1.165, 1.54) is 0 Å². The van der Waals surface area contributed by atoms with Gasteiger partial charge in [0.15, 0.2) is 0 Å². The minimum absolute atomic E-state index is 1.83. The Hall–Kier alpha value is 0.0795. The summed E-state index contributed by atoms with van der Waals surface area (Å²) in [6, 6.07) is 0. The Kier molecular flexibility index (Phi) is 14.0. The van der Waals surface area contributed by atoms with Crippen molar-refractivity contribution in [2.24, 2.45) is 0 Å². The van der Waals surface area contributed by atoms with Gasteiger partial charge < -0.3 is 10.2 Å². The molecule has 0 spiro atoms. The molecule has 0 saturated heterocycles. The fourth-order valence-electron chi connectivity index (χ4n) is 0. The van der Waals surface area contributed by atoms with E-state index >= 15 is 0 Å². The third kappa shape index (κ3) is 6120. The number of hydrogen-bond acceptors (Lipinski definition) is 1. The second kappa shape index (κ2) is 8.91. The number of hydrogen-bond donors (Lipinski definition) is 2. The van der Waals surface area contributed by atoms with Crippen molar-refractivity contribution >= 4 is 16.3 Å². The van der Waals surface area contributed by atoms with Gasteiger partial charge in [0.25, 0.3) is 0 Å². The molecule has 0 atom stereocenters. The second-order valence-corrected chi connectivity index (χ2v) is 0.283. The molecule has 0 aromatic rings. The van der Waals surface area contributed by atoms with E-state index in [1.807, 2.05) is 0 Å². The van der Waals surface area contributed by atoms with Crippen molar-refractivity contribution in [1.82, 2.24) is 0 Å². The molecule has 0 aromatic carbocycles. The Morgan fingerprint density at radius 2 is 1.50 bits per heavy atom. The molecule has 42 valence electrons. The van der Waals surface area contributed by atoms with E-state index in [9.17, 15) is 0 Å². The third-order valence-corrected chi connectivity index (χ3v) is 0. The van der Waals surface area contributed by atoms with Gasteiger partial charge in [0.1, 0.15) is 0 Å². The zero-order chi connectivity index (χ0) is 5.58. The van der Waals surface area contributed by atoms with Gasteiger partial charge in [-0.2, -0.15) is 0 Å². The van der Waals surface area contributed by atoms with Gasteiger partial charge in [-0.25, -0.2) is 4.79 Å². The summed E-state index contributed by atoms with van der Waals surface area (Å²) in [6.07, 6.45) is -1.83. The Bertz CT molecular complexity index is 33.8. The first kappa shape index (κ1) is 9.43. The molecular formula is CH2ClCuO3. The predicted molar refractivity (Wildman–Crippen MR) is 16.5 cm³/mol. The topological polar surface area (TPSA) is 57.5 Å². The van der Waals surface area contributed by atoms with Crippen molar-refractivity contribution in [2.45, 2.75) is 0 Å². The first-order chi connectivity index (χ1) is 2.73. The van der Waals surface area contributed by atoms with Crippen LogP contribution < -0.4 is 0 Å². The van der Waals surface area contributed by atoms with E-state index in [-0.39, 0.29) is 0 Å². The van der Waals surface area contributed by atoms with Gasteiger partial charge in [-0.3, -0.25) is 0 Å². The summed E-state index contributed by atoms with van der Waals surface area (Å²) in [7, 11) is 4.20. The molecule has 5 heteroatoms. The van der Waals surface area contributed by atoms with Gasteiger partial charge in [-0.1, -0.05) is 0 Å². The van der Waals surface area contributed by atoms with Crippen LogP contribution in [-0.2, 0) is 15.1 Å². The number of carbonyl (C=O) groups is 1. The van der Waals surface area contributed by atoms with Crippen LogP contribution in [0.25, 0.3) is 0 Å². The molecule has 0 aromatic heterocycles. The van der Waals surface area contributed by atoms with E-state index in [4.69, 9.17) is 15.0 Å².